The second kappa shape index (κ2) is 14.5. The summed E-state index contributed by atoms with van der Waals surface area (Å²) >= 11 is 0. The Kier molecular flexibility index (Phi) is 13.4. The molecule has 2 rings (SSSR count). The highest BCUT2D eigenvalue weighted by Crippen LogP contribution is 2.44. The Bertz CT molecular complexity index is 920. The Morgan fingerprint density at radius 3 is 2.38 bits per heavy atom. The number of phenolic OH excluding ortho intramolecular Hbond substituents is 2. The summed E-state index contributed by atoms with van der Waals surface area (Å²) in [5.74, 6) is -0.876. The number of carbonyl (C=O) groups is 1. The van der Waals surface area contributed by atoms with Crippen LogP contribution >= 0.6 is 24.8 Å². The normalized spacial score (nSPS) is 10.9. The van der Waals surface area contributed by atoms with Gasteiger partial charge in [0.1, 0.15) is 11.4 Å². The van der Waals surface area contributed by atoms with Crippen molar-refractivity contribution in [3.8, 4) is 22.6 Å². The van der Waals surface area contributed by atoms with Crippen molar-refractivity contribution in [3.05, 3.63) is 66.8 Å². The fourth-order valence-electron chi connectivity index (χ4n) is 3.26. The van der Waals surface area contributed by atoms with E-state index in [-0.39, 0.29) is 42.0 Å². The van der Waals surface area contributed by atoms with E-state index in [9.17, 15) is 15.0 Å². The van der Waals surface area contributed by atoms with Gasteiger partial charge < -0.3 is 27.0 Å². The van der Waals surface area contributed by atoms with Crippen LogP contribution in [0.2, 0.25) is 0 Å². The number of hydrogen-bond donors (Lipinski definition) is 5. The van der Waals surface area contributed by atoms with Crippen LogP contribution in [0.5, 0.6) is 11.5 Å². The van der Waals surface area contributed by atoms with E-state index in [0.29, 0.717) is 36.9 Å². The Morgan fingerprint density at radius 1 is 1.06 bits per heavy atom. The van der Waals surface area contributed by atoms with E-state index < -0.39 is 11.9 Å². The first-order chi connectivity index (χ1) is 14.4. The number of allylic oxidation sites excluding steroid dienone is 2. The van der Waals surface area contributed by atoms with E-state index in [4.69, 9.17) is 11.5 Å². The molecule has 2 aromatic rings. The summed E-state index contributed by atoms with van der Waals surface area (Å²) in [6, 6.07) is 8.60. The number of halogens is 2. The van der Waals surface area contributed by atoms with Gasteiger partial charge in [-0.15, -0.1) is 38.0 Å². The zero-order chi connectivity index (χ0) is 22.1. The largest absolute Gasteiger partial charge is 0.505 e. The van der Waals surface area contributed by atoms with Crippen LogP contribution in [-0.4, -0.2) is 28.7 Å². The molecule has 0 saturated heterocycles. The highest BCUT2D eigenvalue weighted by molar-refractivity contribution is 5.99. The molecule has 2 aromatic carbocycles. The summed E-state index contributed by atoms with van der Waals surface area (Å²) < 4.78 is 0. The van der Waals surface area contributed by atoms with Crippen molar-refractivity contribution in [2.75, 3.05) is 11.9 Å². The van der Waals surface area contributed by atoms with Crippen LogP contribution in [0, 0.1) is 0 Å². The molecule has 0 radical (unpaired) electrons. The predicted molar refractivity (Wildman–Crippen MR) is 137 cm³/mol. The van der Waals surface area contributed by atoms with Crippen molar-refractivity contribution >= 4 is 36.4 Å². The van der Waals surface area contributed by atoms with Crippen molar-refractivity contribution in [2.45, 2.75) is 38.1 Å². The number of nitrogens with two attached hydrogens (primary N) is 2. The molecular weight excluding hydrogens is 449 g/mol. The van der Waals surface area contributed by atoms with Gasteiger partial charge >= 0.3 is 0 Å². The molecule has 0 aliphatic carbocycles. The SMILES string of the molecule is C=CCc1cccc(-c2cc(CC=C)c(O)c(NC(=O)[C@@H](N)CCCCN)c2O)c1.Cl.Cl. The van der Waals surface area contributed by atoms with Crippen LogP contribution in [0.1, 0.15) is 30.4 Å². The maximum atomic E-state index is 12.5. The molecule has 8 heteroatoms. The van der Waals surface area contributed by atoms with Crippen LogP contribution in [0.15, 0.2) is 55.6 Å². The summed E-state index contributed by atoms with van der Waals surface area (Å²) in [6.45, 7) is 8.01. The quantitative estimate of drug-likeness (QED) is 0.184. The summed E-state index contributed by atoms with van der Waals surface area (Å²) in [5, 5.41) is 24.2. The van der Waals surface area contributed by atoms with Gasteiger partial charge in [-0.05, 0) is 49.4 Å². The molecule has 0 bridgehead atoms. The summed E-state index contributed by atoms with van der Waals surface area (Å²) in [7, 11) is 0. The van der Waals surface area contributed by atoms with E-state index >= 15 is 0 Å². The van der Waals surface area contributed by atoms with Gasteiger partial charge in [0.25, 0.3) is 0 Å². The molecule has 7 N–H and O–H groups in total. The maximum Gasteiger partial charge on any atom is 0.241 e. The number of amides is 1. The molecule has 1 atom stereocenters. The van der Waals surface area contributed by atoms with Gasteiger partial charge in [-0.25, -0.2) is 0 Å². The lowest BCUT2D eigenvalue weighted by Gasteiger charge is -2.18. The Balaban J connectivity index is 0.00000480. The topological polar surface area (TPSA) is 122 Å². The average Bonchev–Trinajstić information content (AvgIpc) is 2.73. The number of nitrogens with one attached hydrogen (secondary N) is 1. The molecule has 0 aliphatic heterocycles. The van der Waals surface area contributed by atoms with Gasteiger partial charge in [0.05, 0.1) is 6.04 Å². The van der Waals surface area contributed by atoms with Crippen molar-refractivity contribution in [1.29, 1.82) is 0 Å². The zero-order valence-electron chi connectivity index (χ0n) is 18.0. The minimum atomic E-state index is -0.766. The molecule has 0 heterocycles. The van der Waals surface area contributed by atoms with Crippen LogP contribution in [0.4, 0.5) is 5.69 Å². The second-order valence-electron chi connectivity index (χ2n) is 7.22. The van der Waals surface area contributed by atoms with E-state index in [2.05, 4.69) is 18.5 Å². The van der Waals surface area contributed by atoms with Crippen LogP contribution in [0.25, 0.3) is 11.1 Å². The Hall–Kier alpha value is -2.51. The van der Waals surface area contributed by atoms with Gasteiger partial charge in [0.2, 0.25) is 5.91 Å². The van der Waals surface area contributed by atoms with Gasteiger partial charge in [-0.3, -0.25) is 4.79 Å². The van der Waals surface area contributed by atoms with Crippen molar-refractivity contribution in [1.82, 2.24) is 0 Å². The number of hydrogen-bond acceptors (Lipinski definition) is 5. The van der Waals surface area contributed by atoms with Crippen molar-refractivity contribution in [2.24, 2.45) is 11.5 Å². The van der Waals surface area contributed by atoms with Crippen LogP contribution < -0.4 is 16.8 Å². The molecule has 1 amide bonds. The highest BCUT2D eigenvalue weighted by Gasteiger charge is 2.22. The summed E-state index contributed by atoms with van der Waals surface area (Å²) in [6.07, 6.45) is 6.47. The molecule has 0 unspecified atom stereocenters. The molecule has 176 valence electrons. The number of phenols is 2. The van der Waals surface area contributed by atoms with E-state index in [0.717, 1.165) is 24.0 Å². The number of rotatable bonds is 11. The molecule has 6 nitrogen and oxygen atoms in total. The second-order valence-corrected chi connectivity index (χ2v) is 7.22. The molecule has 0 fully saturated rings. The van der Waals surface area contributed by atoms with Gasteiger partial charge in [0, 0.05) is 11.1 Å². The van der Waals surface area contributed by atoms with Gasteiger partial charge in [0.15, 0.2) is 5.75 Å². The average molecular weight is 482 g/mol. The lowest BCUT2D eigenvalue weighted by atomic mass is 9.96. The number of unbranched alkanes of at least 4 members (excludes halogenated alkanes) is 1. The number of anilines is 1. The van der Waals surface area contributed by atoms with E-state index in [1.807, 2.05) is 24.3 Å². The Labute approximate surface area is 202 Å². The maximum absolute atomic E-state index is 12.5. The highest BCUT2D eigenvalue weighted by atomic mass is 35.5. The predicted octanol–water partition coefficient (Wildman–Crippen LogP) is 4.46. The van der Waals surface area contributed by atoms with Crippen LogP contribution in [-0.2, 0) is 17.6 Å². The third-order valence-electron chi connectivity index (χ3n) is 4.89. The minimum absolute atomic E-state index is 0. The lowest BCUT2D eigenvalue weighted by Crippen LogP contribution is -2.35. The molecular formula is C24H33Cl2N3O3. The van der Waals surface area contributed by atoms with Crippen molar-refractivity contribution in [3.63, 3.8) is 0 Å². The number of carbonyl (C=O) groups excluding carboxylic acids is 1. The van der Waals surface area contributed by atoms with E-state index in [1.54, 1.807) is 18.2 Å². The number of aromatic hydroxyl groups is 2. The smallest absolute Gasteiger partial charge is 0.241 e. The zero-order valence-corrected chi connectivity index (χ0v) is 19.7. The van der Waals surface area contributed by atoms with Gasteiger partial charge in [-0.1, -0.05) is 42.8 Å². The number of benzene rings is 2. The first-order valence-electron chi connectivity index (χ1n) is 10.1. The monoisotopic (exact) mass is 481 g/mol. The molecule has 0 spiro atoms. The third-order valence-corrected chi connectivity index (χ3v) is 4.89. The molecule has 32 heavy (non-hydrogen) atoms. The summed E-state index contributed by atoms with van der Waals surface area (Å²) in [4.78, 5) is 12.5. The lowest BCUT2D eigenvalue weighted by molar-refractivity contribution is -0.117. The fraction of sp³-hybridized carbons (Fsp3) is 0.292. The standard InChI is InChI=1S/C24H31N3O3.2ClH/c1-3-8-16-10-7-11-17(14-16)19-15-18(9-4-2)22(28)21(23(19)29)27-24(30)20(26)12-5-6-13-25;;/h3-4,7,10-11,14-15,20,28-29H,1-2,5-6,8-9,12-13,25-26H2,(H,27,30);2*1H/t20-;;/m0../s1. The van der Waals surface area contributed by atoms with Crippen LogP contribution in [0.3, 0.4) is 0 Å². The molecule has 0 aromatic heterocycles. The fourth-order valence-corrected chi connectivity index (χ4v) is 3.26. The Morgan fingerprint density at radius 2 is 1.75 bits per heavy atom. The summed E-state index contributed by atoms with van der Waals surface area (Å²) in [5.41, 5.74) is 14.2. The molecule has 0 saturated carbocycles. The first kappa shape index (κ1) is 29.5. The van der Waals surface area contributed by atoms with E-state index in [1.165, 1.54) is 0 Å². The minimum Gasteiger partial charge on any atom is -0.505 e. The van der Waals surface area contributed by atoms with Crippen molar-refractivity contribution < 1.29 is 15.0 Å². The first-order valence-corrected chi connectivity index (χ1v) is 10.1. The molecule has 0 aliphatic rings. The van der Waals surface area contributed by atoms with Gasteiger partial charge in [-0.2, -0.15) is 0 Å². The third kappa shape index (κ3) is 7.57.